The minimum atomic E-state index is 0.351. The molecule has 3 rings (SSSR count). The second-order valence-corrected chi connectivity index (χ2v) is 5.77. The summed E-state index contributed by atoms with van der Waals surface area (Å²) in [7, 11) is 1.64. The summed E-state index contributed by atoms with van der Waals surface area (Å²) in [5, 5.41) is 0. The van der Waals surface area contributed by atoms with Gasteiger partial charge in [-0.25, -0.2) is 15.0 Å². The predicted octanol–water partition coefficient (Wildman–Crippen LogP) is 3.77. The van der Waals surface area contributed by atoms with E-state index in [9.17, 15) is 0 Å². The van der Waals surface area contributed by atoms with E-state index in [2.05, 4.69) is 28.8 Å². The first-order valence-electron chi connectivity index (χ1n) is 7.39. The van der Waals surface area contributed by atoms with Gasteiger partial charge in [0.15, 0.2) is 5.65 Å². The molecule has 0 atom stereocenters. The van der Waals surface area contributed by atoms with Gasteiger partial charge < -0.3 is 9.72 Å². The lowest BCUT2D eigenvalue weighted by Gasteiger charge is -2.12. The largest absolute Gasteiger partial charge is 0.480 e. The van der Waals surface area contributed by atoms with E-state index < -0.39 is 0 Å². The van der Waals surface area contributed by atoms with Gasteiger partial charge >= 0.3 is 0 Å². The minimum absolute atomic E-state index is 0.351. The van der Waals surface area contributed by atoms with Gasteiger partial charge in [-0.15, -0.1) is 0 Å². The van der Waals surface area contributed by atoms with E-state index in [1.54, 1.807) is 7.11 Å². The molecular weight excluding hydrogens is 276 g/mol. The Labute approximate surface area is 129 Å². The molecule has 3 aromatic heterocycles. The molecule has 0 radical (unpaired) electrons. The maximum Gasteiger partial charge on any atom is 0.222 e. The van der Waals surface area contributed by atoms with Crippen molar-refractivity contribution in [2.75, 3.05) is 7.11 Å². The number of nitrogens with one attached hydrogen (secondary N) is 1. The number of aromatic amines is 1. The lowest BCUT2D eigenvalue weighted by molar-refractivity contribution is 0.397. The van der Waals surface area contributed by atoms with Crippen LogP contribution in [0.25, 0.3) is 22.4 Å². The zero-order valence-corrected chi connectivity index (χ0v) is 13.6. The third kappa shape index (κ3) is 2.32. The molecule has 3 heterocycles. The lowest BCUT2D eigenvalue weighted by Crippen LogP contribution is -2.01. The van der Waals surface area contributed by atoms with Crippen LogP contribution in [0.2, 0.25) is 0 Å². The minimum Gasteiger partial charge on any atom is -0.480 e. The van der Waals surface area contributed by atoms with Gasteiger partial charge in [0.05, 0.1) is 24.1 Å². The Morgan fingerprint density at radius 3 is 2.55 bits per heavy atom. The smallest absolute Gasteiger partial charge is 0.222 e. The fourth-order valence-electron chi connectivity index (χ4n) is 2.51. The zero-order chi connectivity index (χ0) is 15.9. The summed E-state index contributed by atoms with van der Waals surface area (Å²) in [6, 6.07) is 4.05. The zero-order valence-electron chi connectivity index (χ0n) is 13.6. The topological polar surface area (TPSA) is 63.7 Å². The Hall–Kier alpha value is -2.43. The average Bonchev–Trinajstić information content (AvgIpc) is 2.86. The van der Waals surface area contributed by atoms with E-state index in [0.29, 0.717) is 11.8 Å². The van der Waals surface area contributed by atoms with E-state index >= 15 is 0 Å². The lowest BCUT2D eigenvalue weighted by atomic mass is 10.1. The number of aryl methyl sites for hydroxylation is 2. The number of methoxy groups -OCH3 is 1. The third-order valence-corrected chi connectivity index (χ3v) is 3.79. The molecule has 0 saturated heterocycles. The number of H-pyrrole nitrogens is 1. The first-order valence-corrected chi connectivity index (χ1v) is 7.39. The molecule has 5 nitrogen and oxygen atoms in total. The molecule has 0 fully saturated rings. The SMILES string of the molecule is COc1nc(C(C)C)ccc1-c1nc2c(C)c[nH]c2nc1C. The van der Waals surface area contributed by atoms with Crippen LogP contribution in [0.3, 0.4) is 0 Å². The van der Waals surface area contributed by atoms with Crippen LogP contribution >= 0.6 is 0 Å². The molecule has 0 aromatic carbocycles. The molecule has 114 valence electrons. The summed E-state index contributed by atoms with van der Waals surface area (Å²) >= 11 is 0. The highest BCUT2D eigenvalue weighted by Crippen LogP contribution is 2.31. The second-order valence-electron chi connectivity index (χ2n) is 5.77. The van der Waals surface area contributed by atoms with Crippen LogP contribution in [0, 0.1) is 13.8 Å². The van der Waals surface area contributed by atoms with Crippen LogP contribution in [-0.4, -0.2) is 27.0 Å². The number of rotatable bonds is 3. The fraction of sp³-hybridized carbons (Fsp3) is 0.353. The number of nitrogens with zero attached hydrogens (tertiary/aromatic N) is 3. The number of pyridine rings is 1. The second kappa shape index (κ2) is 5.40. The first kappa shape index (κ1) is 14.5. The Kier molecular flexibility index (Phi) is 3.56. The molecule has 0 saturated carbocycles. The highest BCUT2D eigenvalue weighted by atomic mass is 16.5. The molecule has 0 spiro atoms. The standard InChI is InChI=1S/C17H20N4O/c1-9(2)13-7-6-12(17(20-13)22-5)15-11(4)19-16-14(21-15)10(3)8-18-16/h6-9H,1-5H3,(H,18,19). The number of hydrogen-bond acceptors (Lipinski definition) is 4. The van der Waals surface area contributed by atoms with Crippen molar-refractivity contribution >= 4 is 11.2 Å². The number of fused-ring (bicyclic) bond motifs is 1. The van der Waals surface area contributed by atoms with Gasteiger partial charge in [-0.05, 0) is 37.5 Å². The first-order chi connectivity index (χ1) is 10.5. The van der Waals surface area contributed by atoms with Crippen LogP contribution in [0.4, 0.5) is 0 Å². The van der Waals surface area contributed by atoms with E-state index in [0.717, 1.165) is 39.4 Å². The predicted molar refractivity (Wildman–Crippen MR) is 87.2 cm³/mol. The van der Waals surface area contributed by atoms with Gasteiger partial charge in [0.1, 0.15) is 5.52 Å². The number of hydrogen-bond donors (Lipinski definition) is 1. The summed E-state index contributed by atoms with van der Waals surface area (Å²) < 4.78 is 5.48. The van der Waals surface area contributed by atoms with Gasteiger partial charge in [0.2, 0.25) is 5.88 Å². The van der Waals surface area contributed by atoms with Crippen molar-refractivity contribution in [3.8, 4) is 17.1 Å². The molecule has 0 unspecified atom stereocenters. The van der Waals surface area contributed by atoms with Crippen molar-refractivity contribution < 1.29 is 4.74 Å². The van der Waals surface area contributed by atoms with E-state index in [4.69, 9.17) is 9.72 Å². The van der Waals surface area contributed by atoms with Crippen molar-refractivity contribution in [1.82, 2.24) is 19.9 Å². The van der Waals surface area contributed by atoms with Crippen LogP contribution in [0.1, 0.15) is 36.7 Å². The summed E-state index contributed by atoms with van der Waals surface area (Å²) in [5.74, 6) is 0.945. The van der Waals surface area contributed by atoms with Gasteiger partial charge in [0.25, 0.3) is 0 Å². The van der Waals surface area contributed by atoms with E-state index in [1.165, 1.54) is 0 Å². The Bertz CT molecular complexity index is 836. The molecule has 0 aliphatic heterocycles. The summed E-state index contributed by atoms with van der Waals surface area (Å²) in [4.78, 5) is 17.1. The molecular formula is C17H20N4O. The summed E-state index contributed by atoms with van der Waals surface area (Å²) in [5.41, 5.74) is 6.32. The molecule has 3 aromatic rings. The summed E-state index contributed by atoms with van der Waals surface area (Å²) in [6.07, 6.45) is 1.92. The molecule has 22 heavy (non-hydrogen) atoms. The fourth-order valence-corrected chi connectivity index (χ4v) is 2.51. The van der Waals surface area contributed by atoms with Crippen LogP contribution in [-0.2, 0) is 0 Å². The maximum atomic E-state index is 5.48. The molecule has 0 aliphatic carbocycles. The normalized spacial score (nSPS) is 11.4. The Morgan fingerprint density at radius 1 is 1.09 bits per heavy atom. The van der Waals surface area contributed by atoms with E-state index in [-0.39, 0.29) is 0 Å². The van der Waals surface area contributed by atoms with Gasteiger partial charge in [-0.1, -0.05) is 13.8 Å². The van der Waals surface area contributed by atoms with Crippen LogP contribution in [0.5, 0.6) is 5.88 Å². The highest BCUT2D eigenvalue weighted by molar-refractivity contribution is 5.80. The molecule has 0 amide bonds. The Balaban J connectivity index is 2.22. The van der Waals surface area contributed by atoms with Crippen molar-refractivity contribution in [3.05, 3.63) is 35.3 Å². The van der Waals surface area contributed by atoms with Gasteiger partial charge in [-0.3, -0.25) is 0 Å². The highest BCUT2D eigenvalue weighted by Gasteiger charge is 2.16. The van der Waals surface area contributed by atoms with E-state index in [1.807, 2.05) is 32.2 Å². The van der Waals surface area contributed by atoms with Gasteiger partial charge in [0, 0.05) is 11.9 Å². The van der Waals surface area contributed by atoms with Crippen LogP contribution < -0.4 is 4.74 Å². The van der Waals surface area contributed by atoms with Gasteiger partial charge in [-0.2, -0.15) is 0 Å². The monoisotopic (exact) mass is 296 g/mol. The molecule has 0 aliphatic rings. The summed E-state index contributed by atoms with van der Waals surface area (Å²) in [6.45, 7) is 8.20. The quantitative estimate of drug-likeness (QED) is 0.799. The average molecular weight is 296 g/mol. The molecule has 5 heteroatoms. The van der Waals surface area contributed by atoms with Crippen molar-refractivity contribution in [2.45, 2.75) is 33.6 Å². The molecule has 0 bridgehead atoms. The van der Waals surface area contributed by atoms with Crippen molar-refractivity contribution in [1.29, 1.82) is 0 Å². The van der Waals surface area contributed by atoms with Crippen molar-refractivity contribution in [2.24, 2.45) is 0 Å². The number of ether oxygens (including phenoxy) is 1. The number of aromatic nitrogens is 4. The Morgan fingerprint density at radius 2 is 1.86 bits per heavy atom. The molecule has 1 N–H and O–H groups in total. The van der Waals surface area contributed by atoms with Crippen molar-refractivity contribution in [3.63, 3.8) is 0 Å². The maximum absolute atomic E-state index is 5.48. The third-order valence-electron chi connectivity index (χ3n) is 3.79. The van der Waals surface area contributed by atoms with Crippen LogP contribution in [0.15, 0.2) is 18.3 Å².